The molecule has 1 aliphatic carbocycles. The molecule has 4 rings (SSSR count). The summed E-state index contributed by atoms with van der Waals surface area (Å²) in [6.07, 6.45) is 4.19. The highest BCUT2D eigenvalue weighted by Crippen LogP contribution is 2.41. The SMILES string of the molecule is CCC1c2ccsc2CCN1C(=O)c1cc(C2CC2)on1. The zero-order valence-electron chi connectivity index (χ0n) is 12.0. The molecule has 0 N–H and O–H groups in total. The number of hydrogen-bond donors (Lipinski definition) is 0. The lowest BCUT2D eigenvalue weighted by Gasteiger charge is -2.34. The Bertz CT molecular complexity index is 671. The van der Waals surface area contributed by atoms with E-state index in [9.17, 15) is 4.79 Å². The number of hydrogen-bond acceptors (Lipinski definition) is 4. The van der Waals surface area contributed by atoms with Crippen molar-refractivity contribution in [3.05, 3.63) is 39.4 Å². The minimum atomic E-state index is 0.00866. The lowest BCUT2D eigenvalue weighted by atomic mass is 9.97. The van der Waals surface area contributed by atoms with Gasteiger partial charge >= 0.3 is 0 Å². The summed E-state index contributed by atoms with van der Waals surface area (Å²) in [6.45, 7) is 2.91. The van der Waals surface area contributed by atoms with Gasteiger partial charge < -0.3 is 9.42 Å². The molecule has 2 aromatic heterocycles. The van der Waals surface area contributed by atoms with Crippen molar-refractivity contribution in [2.75, 3.05) is 6.54 Å². The van der Waals surface area contributed by atoms with E-state index in [0.717, 1.165) is 38.0 Å². The van der Waals surface area contributed by atoms with Crippen LogP contribution < -0.4 is 0 Å². The number of carbonyl (C=O) groups is 1. The van der Waals surface area contributed by atoms with E-state index in [4.69, 9.17) is 4.52 Å². The number of aromatic nitrogens is 1. The van der Waals surface area contributed by atoms with Gasteiger partial charge in [-0.05, 0) is 42.7 Å². The number of carbonyl (C=O) groups excluding carboxylic acids is 1. The third-order valence-corrected chi connectivity index (χ3v) is 5.47. The van der Waals surface area contributed by atoms with Crippen LogP contribution in [0.5, 0.6) is 0 Å². The Morgan fingerprint density at radius 3 is 3.14 bits per heavy atom. The third-order valence-electron chi connectivity index (χ3n) is 4.47. The molecule has 0 bridgehead atoms. The van der Waals surface area contributed by atoms with Gasteiger partial charge in [-0.2, -0.15) is 0 Å². The monoisotopic (exact) mass is 302 g/mol. The van der Waals surface area contributed by atoms with Crippen LogP contribution in [0.25, 0.3) is 0 Å². The molecule has 1 fully saturated rings. The number of amides is 1. The van der Waals surface area contributed by atoms with Crippen molar-refractivity contribution in [1.29, 1.82) is 0 Å². The molecule has 5 heteroatoms. The normalized spacial score (nSPS) is 21.4. The Morgan fingerprint density at radius 1 is 1.52 bits per heavy atom. The molecule has 0 radical (unpaired) electrons. The average molecular weight is 302 g/mol. The highest BCUT2D eigenvalue weighted by Gasteiger charge is 2.34. The van der Waals surface area contributed by atoms with E-state index in [0.29, 0.717) is 11.6 Å². The smallest absolute Gasteiger partial charge is 0.276 e. The van der Waals surface area contributed by atoms with E-state index >= 15 is 0 Å². The van der Waals surface area contributed by atoms with Crippen LogP contribution in [-0.2, 0) is 6.42 Å². The van der Waals surface area contributed by atoms with E-state index in [1.807, 2.05) is 11.0 Å². The fraction of sp³-hybridized carbons (Fsp3) is 0.500. The summed E-state index contributed by atoms with van der Waals surface area (Å²) in [4.78, 5) is 16.1. The molecule has 0 saturated heterocycles. The second kappa shape index (κ2) is 4.98. The molecule has 2 aliphatic rings. The number of rotatable bonds is 3. The molecule has 0 aromatic carbocycles. The van der Waals surface area contributed by atoms with E-state index in [2.05, 4.69) is 23.5 Å². The molecule has 21 heavy (non-hydrogen) atoms. The fourth-order valence-corrected chi connectivity index (χ4v) is 4.11. The summed E-state index contributed by atoms with van der Waals surface area (Å²) in [7, 11) is 0. The van der Waals surface area contributed by atoms with E-state index < -0.39 is 0 Å². The van der Waals surface area contributed by atoms with E-state index in [-0.39, 0.29) is 11.9 Å². The van der Waals surface area contributed by atoms with Gasteiger partial charge in [0.15, 0.2) is 5.69 Å². The number of fused-ring (bicyclic) bond motifs is 1. The van der Waals surface area contributed by atoms with Crippen LogP contribution in [0.2, 0.25) is 0 Å². The summed E-state index contributed by atoms with van der Waals surface area (Å²) in [5.74, 6) is 1.37. The van der Waals surface area contributed by atoms with Crippen LogP contribution >= 0.6 is 11.3 Å². The van der Waals surface area contributed by atoms with Gasteiger partial charge in [0, 0.05) is 23.4 Å². The van der Waals surface area contributed by atoms with E-state index in [1.165, 1.54) is 10.4 Å². The minimum absolute atomic E-state index is 0.00866. The van der Waals surface area contributed by atoms with Crippen LogP contribution in [0.3, 0.4) is 0 Å². The summed E-state index contributed by atoms with van der Waals surface area (Å²) in [5, 5.41) is 6.13. The van der Waals surface area contributed by atoms with Crippen LogP contribution in [0.1, 0.15) is 64.8 Å². The Labute approximate surface area is 127 Å². The van der Waals surface area contributed by atoms with Gasteiger partial charge in [-0.15, -0.1) is 11.3 Å². The molecule has 1 amide bonds. The second-order valence-corrected chi connectivity index (χ2v) is 6.86. The summed E-state index contributed by atoms with van der Waals surface area (Å²) < 4.78 is 5.33. The molecule has 1 unspecified atom stereocenters. The van der Waals surface area contributed by atoms with Gasteiger partial charge in [0.1, 0.15) is 5.76 Å². The van der Waals surface area contributed by atoms with Crippen molar-refractivity contribution in [3.8, 4) is 0 Å². The maximum Gasteiger partial charge on any atom is 0.276 e. The van der Waals surface area contributed by atoms with Gasteiger partial charge in [-0.3, -0.25) is 4.79 Å². The van der Waals surface area contributed by atoms with Gasteiger partial charge in [0.05, 0.1) is 6.04 Å². The molecule has 3 heterocycles. The predicted octanol–water partition coefficient (Wildman–Crippen LogP) is 3.76. The highest BCUT2D eigenvalue weighted by molar-refractivity contribution is 7.10. The van der Waals surface area contributed by atoms with Crippen LogP contribution in [-0.4, -0.2) is 22.5 Å². The van der Waals surface area contributed by atoms with Crippen LogP contribution in [0.4, 0.5) is 0 Å². The molecule has 1 atom stereocenters. The Kier molecular flexibility index (Phi) is 3.10. The lowest BCUT2D eigenvalue weighted by Crippen LogP contribution is -2.39. The number of thiophene rings is 1. The van der Waals surface area contributed by atoms with Crippen molar-refractivity contribution in [1.82, 2.24) is 10.1 Å². The Morgan fingerprint density at radius 2 is 2.38 bits per heavy atom. The molecule has 0 spiro atoms. The molecule has 1 saturated carbocycles. The summed E-state index contributed by atoms with van der Waals surface area (Å²) in [5.41, 5.74) is 1.78. The topological polar surface area (TPSA) is 46.3 Å². The molecule has 2 aromatic rings. The predicted molar refractivity (Wildman–Crippen MR) is 80.6 cm³/mol. The van der Waals surface area contributed by atoms with E-state index in [1.54, 1.807) is 11.3 Å². The lowest BCUT2D eigenvalue weighted by molar-refractivity contribution is 0.0646. The molecule has 4 nitrogen and oxygen atoms in total. The van der Waals surface area contributed by atoms with Gasteiger partial charge in [-0.1, -0.05) is 12.1 Å². The number of nitrogens with zero attached hydrogens (tertiary/aromatic N) is 2. The maximum absolute atomic E-state index is 12.8. The van der Waals surface area contributed by atoms with Crippen LogP contribution in [0.15, 0.2) is 22.0 Å². The first kappa shape index (κ1) is 13.1. The van der Waals surface area contributed by atoms with Crippen molar-refractivity contribution in [2.24, 2.45) is 0 Å². The highest BCUT2D eigenvalue weighted by atomic mass is 32.1. The molecule has 110 valence electrons. The maximum atomic E-state index is 12.8. The fourth-order valence-electron chi connectivity index (χ4n) is 3.18. The largest absolute Gasteiger partial charge is 0.360 e. The Hall–Kier alpha value is -1.62. The van der Waals surface area contributed by atoms with Crippen molar-refractivity contribution in [2.45, 2.75) is 44.6 Å². The van der Waals surface area contributed by atoms with Crippen molar-refractivity contribution in [3.63, 3.8) is 0 Å². The zero-order chi connectivity index (χ0) is 14.4. The summed E-state index contributed by atoms with van der Waals surface area (Å²) in [6, 6.07) is 4.18. The van der Waals surface area contributed by atoms with Crippen molar-refractivity contribution >= 4 is 17.2 Å². The third kappa shape index (κ3) is 2.20. The first-order valence-electron chi connectivity index (χ1n) is 7.61. The first-order valence-corrected chi connectivity index (χ1v) is 8.49. The minimum Gasteiger partial charge on any atom is -0.360 e. The second-order valence-electron chi connectivity index (χ2n) is 5.86. The van der Waals surface area contributed by atoms with Gasteiger partial charge in [-0.25, -0.2) is 0 Å². The van der Waals surface area contributed by atoms with Crippen LogP contribution in [0, 0.1) is 0 Å². The molecular weight excluding hydrogens is 284 g/mol. The molecular formula is C16H18N2O2S. The molecule has 1 aliphatic heterocycles. The van der Waals surface area contributed by atoms with Gasteiger partial charge in [0.25, 0.3) is 5.91 Å². The quantitative estimate of drug-likeness (QED) is 0.867. The average Bonchev–Trinajstić information content (AvgIpc) is 3.05. The summed E-state index contributed by atoms with van der Waals surface area (Å²) >= 11 is 1.80. The Balaban J connectivity index is 1.61. The van der Waals surface area contributed by atoms with Crippen molar-refractivity contribution < 1.29 is 9.32 Å². The zero-order valence-corrected chi connectivity index (χ0v) is 12.9. The standard InChI is InChI=1S/C16H18N2O2S/c1-2-13-11-6-8-21-15(11)5-7-18(13)16(19)12-9-14(20-17-12)10-3-4-10/h6,8-10,13H,2-5,7H2,1H3. The van der Waals surface area contributed by atoms with Gasteiger partial charge in [0.2, 0.25) is 0 Å². The first-order chi connectivity index (χ1) is 10.3.